The molecule has 0 saturated carbocycles. The molecular weight excluding hydrogens is 461 g/mol. The number of benzene rings is 1. The summed E-state index contributed by atoms with van der Waals surface area (Å²) in [5.74, 6) is 1.69. The number of carbonyl (C=O) groups excluding carboxylic acids is 1. The quantitative estimate of drug-likeness (QED) is 0.293. The summed E-state index contributed by atoms with van der Waals surface area (Å²) in [6, 6.07) is 11.2. The number of nitrogens with zero attached hydrogens (tertiary/aromatic N) is 2. The first-order valence-corrected chi connectivity index (χ1v) is 9.93. The Labute approximate surface area is 166 Å². The van der Waals surface area contributed by atoms with Gasteiger partial charge < -0.3 is 5.32 Å². The summed E-state index contributed by atoms with van der Waals surface area (Å²) in [4.78, 5) is 16.5. The van der Waals surface area contributed by atoms with Gasteiger partial charge in [-0.3, -0.25) is 9.79 Å². The number of carbonyl (C=O) groups is 1. The van der Waals surface area contributed by atoms with Crippen LogP contribution in [0.1, 0.15) is 16.1 Å². The van der Waals surface area contributed by atoms with Crippen LogP contribution in [0.3, 0.4) is 0 Å². The summed E-state index contributed by atoms with van der Waals surface area (Å²) in [5, 5.41) is 5.48. The maximum atomic E-state index is 12.0. The van der Waals surface area contributed by atoms with Crippen molar-refractivity contribution in [3.05, 3.63) is 53.0 Å². The number of rotatable bonds is 6. The Balaban J connectivity index is 0.00000264. The van der Waals surface area contributed by atoms with E-state index in [1.165, 1.54) is 23.3 Å². The van der Waals surface area contributed by atoms with Crippen molar-refractivity contribution in [2.45, 2.75) is 5.75 Å². The Morgan fingerprint density at radius 1 is 1.30 bits per heavy atom. The van der Waals surface area contributed by atoms with Crippen LogP contribution in [0, 0.1) is 0 Å². The van der Waals surface area contributed by atoms with Gasteiger partial charge in [0, 0.05) is 22.4 Å². The second kappa shape index (κ2) is 11.9. The third-order valence-electron chi connectivity index (χ3n) is 2.68. The Bertz CT molecular complexity index is 606. The first kappa shape index (κ1) is 20.5. The Hall–Kier alpha value is -0.580. The van der Waals surface area contributed by atoms with Crippen LogP contribution in [0.4, 0.5) is 0 Å². The summed E-state index contributed by atoms with van der Waals surface area (Å²) in [6.07, 6.45) is 1.91. The number of amidine groups is 1. The van der Waals surface area contributed by atoms with Gasteiger partial charge in [-0.15, -0.1) is 24.0 Å². The highest BCUT2D eigenvalue weighted by atomic mass is 127. The van der Waals surface area contributed by atoms with Crippen molar-refractivity contribution < 1.29 is 4.79 Å². The van der Waals surface area contributed by atoms with Gasteiger partial charge in [0.25, 0.3) is 5.91 Å². The van der Waals surface area contributed by atoms with Gasteiger partial charge in [0.15, 0.2) is 5.17 Å². The molecule has 8 heteroatoms. The van der Waals surface area contributed by atoms with Gasteiger partial charge in [-0.1, -0.05) is 30.0 Å². The Morgan fingerprint density at radius 3 is 2.74 bits per heavy atom. The molecule has 0 fully saturated rings. The largest absolute Gasteiger partial charge is 0.301 e. The molecule has 1 heterocycles. The first-order chi connectivity index (χ1) is 10.8. The summed E-state index contributed by atoms with van der Waals surface area (Å²) in [7, 11) is 0. The molecular formula is C15H18IN3OS3. The van der Waals surface area contributed by atoms with Crippen molar-refractivity contribution >= 4 is 70.1 Å². The molecule has 1 amide bonds. The van der Waals surface area contributed by atoms with Crippen LogP contribution >= 0.6 is 59.0 Å². The molecule has 124 valence electrons. The lowest BCUT2D eigenvalue weighted by Crippen LogP contribution is -2.28. The molecule has 2 rings (SSSR count). The van der Waals surface area contributed by atoms with Gasteiger partial charge in [0.2, 0.25) is 0 Å². The van der Waals surface area contributed by atoms with E-state index in [0.717, 1.165) is 17.2 Å². The zero-order valence-electron chi connectivity index (χ0n) is 12.6. The minimum absolute atomic E-state index is 0. The van der Waals surface area contributed by atoms with E-state index in [0.29, 0.717) is 17.3 Å². The minimum atomic E-state index is -0.121. The molecule has 0 aliphatic carbocycles. The Kier molecular flexibility index (Phi) is 10.6. The molecule has 4 nitrogen and oxygen atoms in total. The summed E-state index contributed by atoms with van der Waals surface area (Å²) >= 11 is 4.72. The van der Waals surface area contributed by atoms with Crippen molar-refractivity contribution in [1.82, 2.24) is 9.69 Å². The van der Waals surface area contributed by atoms with Gasteiger partial charge in [-0.2, -0.15) is 16.1 Å². The van der Waals surface area contributed by atoms with Crippen LogP contribution in [0.15, 0.2) is 46.8 Å². The molecule has 0 spiro atoms. The van der Waals surface area contributed by atoms with E-state index in [1.54, 1.807) is 23.9 Å². The first-order valence-electron chi connectivity index (χ1n) is 6.71. The van der Waals surface area contributed by atoms with E-state index in [-0.39, 0.29) is 29.9 Å². The molecule has 1 aromatic heterocycles. The molecule has 23 heavy (non-hydrogen) atoms. The molecule has 0 bridgehead atoms. The second-order valence-corrected chi connectivity index (χ2v) is 6.82. The standard InChI is InChI=1S/C15H17N3OS3.HI/c1-20-15(17-14(19)12-5-3-2-4-6-12)16-8-10-21-11-13-7-9-22-18-13;/h2-7,9H,8,10-11H2,1H3,(H,16,17,19);1H. The molecule has 0 aliphatic rings. The van der Waals surface area contributed by atoms with Crippen molar-refractivity contribution in [3.63, 3.8) is 0 Å². The van der Waals surface area contributed by atoms with Crippen LogP contribution in [-0.4, -0.2) is 34.0 Å². The smallest absolute Gasteiger partial charge is 0.257 e. The van der Waals surface area contributed by atoms with Gasteiger partial charge >= 0.3 is 0 Å². The van der Waals surface area contributed by atoms with Crippen LogP contribution in [0.5, 0.6) is 0 Å². The average Bonchev–Trinajstić information content (AvgIpc) is 3.07. The predicted molar refractivity (Wildman–Crippen MR) is 113 cm³/mol. The number of hydrogen-bond donors (Lipinski definition) is 1. The molecule has 0 atom stereocenters. The summed E-state index contributed by atoms with van der Waals surface area (Å²) in [5.41, 5.74) is 1.75. The molecule has 0 aliphatic heterocycles. The van der Waals surface area contributed by atoms with Crippen LogP contribution in [0.25, 0.3) is 0 Å². The number of thioether (sulfide) groups is 2. The Morgan fingerprint density at radius 2 is 2.09 bits per heavy atom. The van der Waals surface area contributed by atoms with Crippen molar-refractivity contribution in [2.24, 2.45) is 4.99 Å². The van der Waals surface area contributed by atoms with Crippen LogP contribution in [0.2, 0.25) is 0 Å². The molecule has 0 unspecified atom stereocenters. The molecule has 1 N–H and O–H groups in total. The number of amides is 1. The van der Waals surface area contributed by atoms with Crippen LogP contribution in [-0.2, 0) is 5.75 Å². The SMILES string of the molecule is CSC(=NCCSCc1ccsn1)NC(=O)c1ccccc1.I. The maximum absolute atomic E-state index is 12.0. The lowest BCUT2D eigenvalue weighted by Gasteiger charge is -2.06. The van der Waals surface area contributed by atoms with E-state index >= 15 is 0 Å². The molecule has 0 radical (unpaired) electrons. The number of nitrogens with one attached hydrogen (secondary N) is 1. The van der Waals surface area contributed by atoms with Gasteiger partial charge in [0.1, 0.15) is 0 Å². The fourth-order valence-corrected chi connectivity index (χ4v) is 3.39. The topological polar surface area (TPSA) is 54.4 Å². The monoisotopic (exact) mass is 479 g/mol. The number of halogens is 1. The fraction of sp³-hybridized carbons (Fsp3) is 0.267. The number of aromatic nitrogens is 1. The zero-order chi connectivity index (χ0) is 15.6. The normalized spacial score (nSPS) is 10.9. The molecule has 2 aromatic rings. The van der Waals surface area contributed by atoms with Gasteiger partial charge in [-0.25, -0.2) is 0 Å². The van der Waals surface area contributed by atoms with Crippen molar-refractivity contribution in [1.29, 1.82) is 0 Å². The van der Waals surface area contributed by atoms with Crippen molar-refractivity contribution in [2.75, 3.05) is 18.6 Å². The number of aliphatic imine (C=N–C) groups is 1. The number of hydrogen-bond acceptors (Lipinski definition) is 6. The average molecular weight is 479 g/mol. The highest BCUT2D eigenvalue weighted by Crippen LogP contribution is 2.11. The minimum Gasteiger partial charge on any atom is -0.301 e. The lowest BCUT2D eigenvalue weighted by molar-refractivity contribution is 0.0978. The van der Waals surface area contributed by atoms with Crippen LogP contribution < -0.4 is 5.32 Å². The highest BCUT2D eigenvalue weighted by molar-refractivity contribution is 14.0. The fourth-order valence-electron chi connectivity index (χ4n) is 1.61. The van der Waals surface area contributed by atoms with E-state index < -0.39 is 0 Å². The third kappa shape index (κ3) is 7.69. The van der Waals surface area contributed by atoms with Gasteiger partial charge in [-0.05, 0) is 36.0 Å². The summed E-state index contributed by atoms with van der Waals surface area (Å²) < 4.78 is 4.26. The predicted octanol–water partition coefficient (Wildman–Crippen LogP) is 4.14. The highest BCUT2D eigenvalue weighted by Gasteiger charge is 2.07. The summed E-state index contributed by atoms with van der Waals surface area (Å²) in [6.45, 7) is 0.681. The molecule has 0 saturated heterocycles. The lowest BCUT2D eigenvalue weighted by atomic mass is 10.2. The van der Waals surface area contributed by atoms with E-state index in [2.05, 4.69) is 14.7 Å². The zero-order valence-corrected chi connectivity index (χ0v) is 17.4. The third-order valence-corrected chi connectivity index (χ3v) is 4.87. The van der Waals surface area contributed by atoms with Gasteiger partial charge in [0.05, 0.1) is 12.2 Å². The van der Waals surface area contributed by atoms with E-state index in [9.17, 15) is 4.79 Å². The van der Waals surface area contributed by atoms with Crippen molar-refractivity contribution in [3.8, 4) is 0 Å². The van der Waals surface area contributed by atoms with E-state index in [1.807, 2.05) is 35.9 Å². The molecule has 1 aromatic carbocycles. The second-order valence-electron chi connectivity index (χ2n) is 4.25. The van der Waals surface area contributed by atoms with E-state index in [4.69, 9.17) is 0 Å². The maximum Gasteiger partial charge on any atom is 0.257 e.